The molecule has 0 aliphatic carbocycles. The molecular formula is C23H21N3. The molecule has 3 nitrogen and oxygen atoms in total. The predicted octanol–water partition coefficient (Wildman–Crippen LogP) is 5.49. The smallest absolute Gasteiger partial charge is 0.204 e. The Hall–Kier alpha value is -3.07. The lowest BCUT2D eigenvalue weighted by Crippen LogP contribution is -2.27. The molecule has 3 heteroatoms. The molecule has 0 amide bonds. The first-order chi connectivity index (χ1) is 12.8. The summed E-state index contributed by atoms with van der Waals surface area (Å²) in [6.07, 6.45) is 1.00. The van der Waals surface area contributed by atoms with Crippen LogP contribution < -0.4 is 5.32 Å². The first kappa shape index (κ1) is 15.2. The van der Waals surface area contributed by atoms with Crippen LogP contribution >= 0.6 is 0 Å². The van der Waals surface area contributed by atoms with Gasteiger partial charge in [0.1, 0.15) is 0 Å². The van der Waals surface area contributed by atoms with Gasteiger partial charge in [-0.3, -0.25) is 0 Å². The minimum Gasteiger partial charge on any atom is -0.349 e. The molecule has 0 spiro atoms. The Balaban J connectivity index is 1.71. The Morgan fingerprint density at radius 3 is 2.46 bits per heavy atom. The standard InChI is InChI=1S/C23H21N3/c1-16-9-5-6-12-18(16)22-15-20(17-10-3-2-4-11-17)25-23-24-19-13-7-8-14-21(19)26(22)23/h2-14,20,22H,15H2,1H3,(H,24,25)/t20-,22-/m1/s1. The topological polar surface area (TPSA) is 29.9 Å². The third-order valence-corrected chi connectivity index (χ3v) is 5.42. The quantitative estimate of drug-likeness (QED) is 0.523. The van der Waals surface area contributed by atoms with E-state index in [0.29, 0.717) is 0 Å². The van der Waals surface area contributed by atoms with E-state index >= 15 is 0 Å². The van der Waals surface area contributed by atoms with Crippen LogP contribution in [0, 0.1) is 6.92 Å². The Bertz CT molecular complexity index is 1070. The predicted molar refractivity (Wildman–Crippen MR) is 106 cm³/mol. The van der Waals surface area contributed by atoms with E-state index in [2.05, 4.69) is 95.7 Å². The van der Waals surface area contributed by atoms with Crippen molar-refractivity contribution in [1.82, 2.24) is 9.55 Å². The van der Waals surface area contributed by atoms with Gasteiger partial charge < -0.3 is 9.88 Å². The Morgan fingerprint density at radius 1 is 0.885 bits per heavy atom. The summed E-state index contributed by atoms with van der Waals surface area (Å²) >= 11 is 0. The molecule has 0 unspecified atom stereocenters. The van der Waals surface area contributed by atoms with Gasteiger partial charge in [-0.2, -0.15) is 0 Å². The van der Waals surface area contributed by atoms with Crippen molar-refractivity contribution >= 4 is 17.0 Å². The zero-order valence-corrected chi connectivity index (χ0v) is 14.8. The molecule has 1 aromatic heterocycles. The van der Waals surface area contributed by atoms with Crippen molar-refractivity contribution < 1.29 is 0 Å². The van der Waals surface area contributed by atoms with Crippen molar-refractivity contribution in [3.05, 3.63) is 95.6 Å². The van der Waals surface area contributed by atoms with Crippen molar-refractivity contribution in [3.63, 3.8) is 0 Å². The summed E-state index contributed by atoms with van der Waals surface area (Å²) in [6.45, 7) is 2.20. The second kappa shape index (κ2) is 6.03. The summed E-state index contributed by atoms with van der Waals surface area (Å²) in [5, 5.41) is 3.67. The summed E-state index contributed by atoms with van der Waals surface area (Å²) < 4.78 is 2.37. The SMILES string of the molecule is Cc1ccccc1[C@H]1C[C@H](c2ccccc2)Nc2nc3ccccc3n21. The van der Waals surface area contributed by atoms with Gasteiger partial charge in [0.05, 0.1) is 23.1 Å². The third-order valence-electron chi connectivity index (χ3n) is 5.42. The van der Waals surface area contributed by atoms with Gasteiger partial charge in [0.25, 0.3) is 0 Å². The van der Waals surface area contributed by atoms with Gasteiger partial charge in [-0.05, 0) is 42.2 Å². The van der Waals surface area contributed by atoms with Crippen molar-refractivity contribution in [2.24, 2.45) is 0 Å². The molecule has 1 aliphatic heterocycles. The molecule has 5 rings (SSSR count). The second-order valence-corrected chi connectivity index (χ2v) is 7.01. The van der Waals surface area contributed by atoms with E-state index < -0.39 is 0 Å². The molecule has 2 heterocycles. The number of aryl methyl sites for hydroxylation is 1. The van der Waals surface area contributed by atoms with Crippen LogP contribution in [0.4, 0.5) is 5.95 Å². The summed E-state index contributed by atoms with van der Waals surface area (Å²) in [5.74, 6) is 0.958. The number of aromatic nitrogens is 2. The maximum atomic E-state index is 4.89. The van der Waals surface area contributed by atoms with Crippen LogP contribution in [0.3, 0.4) is 0 Å². The van der Waals surface area contributed by atoms with Crippen LogP contribution in [0.15, 0.2) is 78.9 Å². The summed E-state index contributed by atoms with van der Waals surface area (Å²) in [5.41, 5.74) is 6.25. The first-order valence-corrected chi connectivity index (χ1v) is 9.15. The van der Waals surface area contributed by atoms with Crippen molar-refractivity contribution in [1.29, 1.82) is 0 Å². The fraction of sp³-hybridized carbons (Fsp3) is 0.174. The Labute approximate surface area is 153 Å². The summed E-state index contributed by atoms with van der Waals surface area (Å²) in [4.78, 5) is 4.89. The van der Waals surface area contributed by atoms with Gasteiger partial charge in [0, 0.05) is 0 Å². The summed E-state index contributed by atoms with van der Waals surface area (Å²) in [7, 11) is 0. The maximum absolute atomic E-state index is 4.89. The van der Waals surface area contributed by atoms with E-state index in [0.717, 1.165) is 17.9 Å². The van der Waals surface area contributed by atoms with Crippen LogP contribution in [0.5, 0.6) is 0 Å². The number of nitrogens with zero attached hydrogens (tertiary/aromatic N) is 2. The molecular weight excluding hydrogens is 318 g/mol. The Kier molecular flexibility index (Phi) is 3.52. The lowest BCUT2D eigenvalue weighted by molar-refractivity contribution is 0.476. The molecule has 0 saturated heterocycles. The van der Waals surface area contributed by atoms with Crippen molar-refractivity contribution in [2.75, 3.05) is 5.32 Å². The minimum absolute atomic E-state index is 0.255. The Morgan fingerprint density at radius 2 is 1.62 bits per heavy atom. The minimum atomic E-state index is 0.255. The average Bonchev–Trinajstić information content (AvgIpc) is 3.07. The molecule has 0 saturated carbocycles. The van der Waals surface area contributed by atoms with E-state index in [1.54, 1.807) is 0 Å². The molecule has 1 N–H and O–H groups in total. The lowest BCUT2D eigenvalue weighted by atomic mass is 9.91. The van der Waals surface area contributed by atoms with Crippen LogP contribution in [0.1, 0.15) is 35.2 Å². The highest BCUT2D eigenvalue weighted by molar-refractivity contribution is 5.79. The molecule has 0 fully saturated rings. The monoisotopic (exact) mass is 339 g/mol. The first-order valence-electron chi connectivity index (χ1n) is 9.15. The molecule has 26 heavy (non-hydrogen) atoms. The number of para-hydroxylation sites is 2. The van der Waals surface area contributed by atoms with Crippen LogP contribution in [-0.2, 0) is 0 Å². The van der Waals surface area contributed by atoms with E-state index in [4.69, 9.17) is 4.98 Å². The normalized spacial score (nSPS) is 19.1. The molecule has 2 atom stereocenters. The fourth-order valence-electron chi connectivity index (χ4n) is 4.14. The van der Waals surface area contributed by atoms with Gasteiger partial charge in [-0.25, -0.2) is 4.98 Å². The highest BCUT2D eigenvalue weighted by Crippen LogP contribution is 2.41. The largest absolute Gasteiger partial charge is 0.349 e. The zero-order valence-electron chi connectivity index (χ0n) is 14.8. The maximum Gasteiger partial charge on any atom is 0.204 e. The van der Waals surface area contributed by atoms with Gasteiger partial charge in [-0.15, -0.1) is 0 Å². The van der Waals surface area contributed by atoms with Gasteiger partial charge in [-0.1, -0.05) is 66.7 Å². The van der Waals surface area contributed by atoms with Crippen molar-refractivity contribution in [2.45, 2.75) is 25.4 Å². The highest BCUT2D eigenvalue weighted by atomic mass is 15.3. The fourth-order valence-corrected chi connectivity index (χ4v) is 4.14. The second-order valence-electron chi connectivity index (χ2n) is 7.01. The van der Waals surface area contributed by atoms with Crippen LogP contribution in [0.2, 0.25) is 0 Å². The molecule has 0 bridgehead atoms. The molecule has 1 aliphatic rings. The third kappa shape index (κ3) is 2.39. The van der Waals surface area contributed by atoms with Gasteiger partial charge >= 0.3 is 0 Å². The number of fused-ring (bicyclic) bond motifs is 3. The van der Waals surface area contributed by atoms with E-state index in [1.165, 1.54) is 22.2 Å². The zero-order chi connectivity index (χ0) is 17.5. The number of hydrogen-bond donors (Lipinski definition) is 1. The number of hydrogen-bond acceptors (Lipinski definition) is 2. The van der Waals surface area contributed by atoms with Crippen LogP contribution in [0.25, 0.3) is 11.0 Å². The number of imidazole rings is 1. The lowest BCUT2D eigenvalue weighted by Gasteiger charge is -2.34. The van der Waals surface area contributed by atoms with Gasteiger partial charge in [0.2, 0.25) is 5.95 Å². The number of nitrogens with one attached hydrogen (secondary N) is 1. The number of benzene rings is 3. The van der Waals surface area contributed by atoms with Crippen LogP contribution in [-0.4, -0.2) is 9.55 Å². The molecule has 3 aromatic carbocycles. The number of anilines is 1. The van der Waals surface area contributed by atoms with Crippen molar-refractivity contribution in [3.8, 4) is 0 Å². The van der Waals surface area contributed by atoms with E-state index in [1.807, 2.05) is 0 Å². The van der Waals surface area contributed by atoms with E-state index in [-0.39, 0.29) is 12.1 Å². The number of rotatable bonds is 2. The van der Waals surface area contributed by atoms with E-state index in [9.17, 15) is 0 Å². The average molecular weight is 339 g/mol. The molecule has 4 aromatic rings. The molecule has 128 valence electrons. The highest BCUT2D eigenvalue weighted by Gasteiger charge is 2.31. The van der Waals surface area contributed by atoms with Gasteiger partial charge in [0.15, 0.2) is 0 Å². The summed E-state index contributed by atoms with van der Waals surface area (Å²) in [6, 6.07) is 28.3. The molecule has 0 radical (unpaired) electrons.